The molecule has 0 spiro atoms. The number of hydrogen-bond donors (Lipinski definition) is 2. The van der Waals surface area contributed by atoms with Crippen molar-refractivity contribution in [1.82, 2.24) is 5.32 Å². The number of hydrogen-bond acceptors (Lipinski definition) is 5. The normalized spacial score (nSPS) is 19.8. The molecular weight excluding hydrogens is 326 g/mol. The lowest BCUT2D eigenvalue weighted by Crippen LogP contribution is -2.51. The third-order valence-corrected chi connectivity index (χ3v) is 3.90. The van der Waals surface area contributed by atoms with Crippen LogP contribution < -0.4 is 14.8 Å². The van der Waals surface area contributed by atoms with Crippen molar-refractivity contribution in [1.29, 1.82) is 0 Å². The van der Waals surface area contributed by atoms with Crippen molar-refractivity contribution in [2.45, 2.75) is 25.3 Å². The lowest BCUT2D eigenvalue weighted by atomic mass is 9.94. The zero-order chi connectivity index (χ0) is 18.3. The van der Waals surface area contributed by atoms with Gasteiger partial charge >= 0.3 is 5.97 Å². The number of carboxylic acid groups (broad SMARTS) is 1. The molecule has 0 aliphatic carbocycles. The van der Waals surface area contributed by atoms with Crippen LogP contribution in [0.3, 0.4) is 0 Å². The lowest BCUT2D eigenvalue weighted by Gasteiger charge is -2.27. The number of carboxylic acids is 1. The molecule has 1 aromatic rings. The Labute approximate surface area is 146 Å². The van der Waals surface area contributed by atoms with E-state index in [0.29, 0.717) is 24.5 Å². The van der Waals surface area contributed by atoms with Crippen molar-refractivity contribution in [2.24, 2.45) is 0 Å². The van der Waals surface area contributed by atoms with Gasteiger partial charge in [0.15, 0.2) is 18.1 Å². The van der Waals surface area contributed by atoms with E-state index < -0.39 is 17.4 Å². The predicted octanol–water partition coefficient (Wildman–Crippen LogP) is 1.86. The number of carbonyl (C=O) groups is 2. The van der Waals surface area contributed by atoms with E-state index in [1.807, 2.05) is 31.2 Å². The molecule has 0 saturated carbocycles. The molecule has 1 fully saturated rings. The molecule has 0 aromatic heterocycles. The van der Waals surface area contributed by atoms with Gasteiger partial charge < -0.3 is 24.6 Å². The van der Waals surface area contributed by atoms with Crippen LogP contribution in [0.2, 0.25) is 0 Å². The van der Waals surface area contributed by atoms with Crippen LogP contribution >= 0.6 is 0 Å². The zero-order valence-corrected chi connectivity index (χ0v) is 14.4. The van der Waals surface area contributed by atoms with Crippen LogP contribution in [0.15, 0.2) is 24.3 Å². The average Bonchev–Trinajstić information content (AvgIpc) is 3.00. The number of carbonyl (C=O) groups excluding carboxylic acids is 1. The topological polar surface area (TPSA) is 94.1 Å². The van der Waals surface area contributed by atoms with Crippen LogP contribution in [-0.4, -0.2) is 49.5 Å². The molecule has 7 nitrogen and oxygen atoms in total. The maximum Gasteiger partial charge on any atom is 0.305 e. The summed E-state index contributed by atoms with van der Waals surface area (Å²) in [6.45, 7) is 2.29. The van der Waals surface area contributed by atoms with E-state index in [9.17, 15) is 9.59 Å². The summed E-state index contributed by atoms with van der Waals surface area (Å²) in [6.07, 6.45) is 4.12. The zero-order valence-electron chi connectivity index (χ0n) is 14.4. The molecule has 1 heterocycles. The third-order valence-electron chi connectivity index (χ3n) is 3.90. The molecule has 136 valence electrons. The third kappa shape index (κ3) is 5.22. The van der Waals surface area contributed by atoms with Gasteiger partial charge in [0.25, 0.3) is 5.91 Å². The van der Waals surface area contributed by atoms with Crippen LogP contribution in [0, 0.1) is 0 Å². The van der Waals surface area contributed by atoms with Gasteiger partial charge in [0.05, 0.1) is 25.7 Å². The van der Waals surface area contributed by atoms with Crippen LogP contribution in [0.4, 0.5) is 0 Å². The first-order valence-electron chi connectivity index (χ1n) is 8.02. The minimum absolute atomic E-state index is 0.180. The molecule has 1 amide bonds. The summed E-state index contributed by atoms with van der Waals surface area (Å²) in [5.74, 6) is -0.409. The Kier molecular flexibility index (Phi) is 6.41. The highest BCUT2D eigenvalue weighted by atomic mass is 16.5. The molecule has 2 N–H and O–H groups in total. The van der Waals surface area contributed by atoms with Crippen LogP contribution in [0.1, 0.15) is 25.3 Å². The quantitative estimate of drug-likeness (QED) is 0.744. The SMILES string of the molecule is C/C=C/c1ccc(OCC(=O)NC2(CC(=O)O)CCOC2)c(OC)c1. The van der Waals surface area contributed by atoms with Crippen molar-refractivity contribution in [3.05, 3.63) is 29.8 Å². The minimum atomic E-state index is -0.979. The first-order valence-corrected chi connectivity index (χ1v) is 8.02. The second kappa shape index (κ2) is 8.53. The fourth-order valence-corrected chi connectivity index (χ4v) is 2.75. The Morgan fingerprint density at radius 3 is 2.80 bits per heavy atom. The van der Waals surface area contributed by atoms with E-state index in [1.54, 1.807) is 6.07 Å². The summed E-state index contributed by atoms with van der Waals surface area (Å²) in [6, 6.07) is 5.39. The summed E-state index contributed by atoms with van der Waals surface area (Å²) in [7, 11) is 1.53. The van der Waals surface area contributed by atoms with Crippen molar-refractivity contribution in [2.75, 3.05) is 26.9 Å². The Bertz CT molecular complexity index is 649. The first-order chi connectivity index (χ1) is 12.0. The van der Waals surface area contributed by atoms with E-state index in [1.165, 1.54) is 7.11 Å². The summed E-state index contributed by atoms with van der Waals surface area (Å²) < 4.78 is 16.1. The molecular formula is C18H23NO6. The number of methoxy groups -OCH3 is 1. The Hall–Kier alpha value is -2.54. The highest BCUT2D eigenvalue weighted by Gasteiger charge is 2.38. The number of aliphatic carboxylic acids is 1. The van der Waals surface area contributed by atoms with Crippen molar-refractivity contribution in [3.8, 4) is 11.5 Å². The highest BCUT2D eigenvalue weighted by Crippen LogP contribution is 2.29. The Morgan fingerprint density at radius 1 is 1.40 bits per heavy atom. The molecule has 1 unspecified atom stereocenters. The first kappa shape index (κ1) is 18.8. The average molecular weight is 349 g/mol. The maximum absolute atomic E-state index is 12.2. The molecule has 1 aliphatic heterocycles. The van der Waals surface area contributed by atoms with Crippen LogP contribution in [0.5, 0.6) is 11.5 Å². The van der Waals surface area contributed by atoms with Gasteiger partial charge in [-0.2, -0.15) is 0 Å². The molecule has 1 aromatic carbocycles. The van der Waals surface area contributed by atoms with Gasteiger partial charge in [-0.25, -0.2) is 0 Å². The van der Waals surface area contributed by atoms with E-state index in [0.717, 1.165) is 5.56 Å². The van der Waals surface area contributed by atoms with Crippen molar-refractivity contribution < 1.29 is 28.9 Å². The van der Waals surface area contributed by atoms with E-state index >= 15 is 0 Å². The molecule has 1 saturated heterocycles. The molecule has 2 rings (SSSR count). The number of ether oxygens (including phenoxy) is 3. The summed E-state index contributed by atoms with van der Waals surface area (Å²) >= 11 is 0. The number of amides is 1. The molecule has 0 bridgehead atoms. The van der Waals surface area contributed by atoms with E-state index in [4.69, 9.17) is 19.3 Å². The number of benzene rings is 1. The van der Waals surface area contributed by atoms with Gasteiger partial charge in [-0.3, -0.25) is 9.59 Å². The monoisotopic (exact) mass is 349 g/mol. The minimum Gasteiger partial charge on any atom is -0.493 e. The van der Waals surface area contributed by atoms with Gasteiger partial charge in [0.2, 0.25) is 0 Å². The van der Waals surface area contributed by atoms with Gasteiger partial charge in [0, 0.05) is 6.61 Å². The largest absolute Gasteiger partial charge is 0.493 e. The number of rotatable bonds is 8. The molecule has 1 aliphatic rings. The van der Waals surface area contributed by atoms with E-state index in [2.05, 4.69) is 5.32 Å². The second-order valence-corrected chi connectivity index (χ2v) is 5.90. The number of nitrogens with one attached hydrogen (secondary N) is 1. The highest BCUT2D eigenvalue weighted by molar-refractivity contribution is 5.80. The fourth-order valence-electron chi connectivity index (χ4n) is 2.75. The Balaban J connectivity index is 1.98. The molecule has 1 atom stereocenters. The fraction of sp³-hybridized carbons (Fsp3) is 0.444. The van der Waals surface area contributed by atoms with Crippen LogP contribution in [0.25, 0.3) is 6.08 Å². The second-order valence-electron chi connectivity index (χ2n) is 5.90. The molecule has 7 heteroatoms. The standard InChI is InChI=1S/C18H23NO6/c1-3-4-13-5-6-14(15(9-13)23-2)25-11-16(20)19-18(10-17(21)22)7-8-24-12-18/h3-6,9H,7-8,10-12H2,1-2H3,(H,19,20)(H,21,22)/b4-3+. The molecule has 0 radical (unpaired) electrons. The van der Waals surface area contributed by atoms with Crippen molar-refractivity contribution in [3.63, 3.8) is 0 Å². The summed E-state index contributed by atoms with van der Waals surface area (Å²) in [4.78, 5) is 23.2. The maximum atomic E-state index is 12.2. The molecule has 25 heavy (non-hydrogen) atoms. The number of allylic oxidation sites excluding steroid dienone is 1. The van der Waals surface area contributed by atoms with Gasteiger partial charge in [0.1, 0.15) is 0 Å². The summed E-state index contributed by atoms with van der Waals surface area (Å²) in [5.41, 5.74) is 0.0891. The predicted molar refractivity (Wildman–Crippen MR) is 91.8 cm³/mol. The van der Waals surface area contributed by atoms with Gasteiger partial charge in [-0.05, 0) is 31.0 Å². The summed E-state index contributed by atoms with van der Waals surface area (Å²) in [5, 5.41) is 11.8. The van der Waals surface area contributed by atoms with Gasteiger partial charge in [-0.15, -0.1) is 0 Å². The Morgan fingerprint density at radius 2 is 2.20 bits per heavy atom. The van der Waals surface area contributed by atoms with Crippen molar-refractivity contribution >= 4 is 18.0 Å². The smallest absolute Gasteiger partial charge is 0.305 e. The van der Waals surface area contributed by atoms with Gasteiger partial charge in [-0.1, -0.05) is 18.2 Å². The van der Waals surface area contributed by atoms with Crippen LogP contribution in [-0.2, 0) is 14.3 Å². The lowest BCUT2D eigenvalue weighted by molar-refractivity contribution is -0.139. The van der Waals surface area contributed by atoms with E-state index in [-0.39, 0.29) is 19.6 Å².